The van der Waals surface area contributed by atoms with E-state index in [0.717, 1.165) is 0 Å². The van der Waals surface area contributed by atoms with Gasteiger partial charge in [0.05, 0.1) is 6.10 Å². The van der Waals surface area contributed by atoms with E-state index in [9.17, 15) is 9.59 Å². The number of hydrogen-bond donors (Lipinski definition) is 0. The fraction of sp³-hybridized carbons (Fsp3) is 0.417. The predicted molar refractivity (Wildman–Crippen MR) is 56.7 cm³/mol. The van der Waals surface area contributed by atoms with Crippen LogP contribution in [0.2, 0.25) is 0 Å². The van der Waals surface area contributed by atoms with Crippen LogP contribution < -0.4 is 0 Å². The van der Waals surface area contributed by atoms with Crippen LogP contribution in [0.5, 0.6) is 0 Å². The Morgan fingerprint density at radius 3 is 2.88 bits per heavy atom. The lowest BCUT2D eigenvalue weighted by molar-refractivity contribution is -0.154. The Kier molecular flexibility index (Phi) is 2.60. The summed E-state index contributed by atoms with van der Waals surface area (Å²) in [6.45, 7) is 4.64. The molecular formula is C12H11NO4. The van der Waals surface area contributed by atoms with Crippen LogP contribution in [0.3, 0.4) is 0 Å². The van der Waals surface area contributed by atoms with Crippen LogP contribution in [0.15, 0.2) is 24.3 Å². The zero-order valence-electron chi connectivity index (χ0n) is 9.30. The van der Waals surface area contributed by atoms with Crippen LogP contribution in [0.4, 0.5) is 0 Å². The first-order chi connectivity index (χ1) is 8.02. The zero-order chi connectivity index (χ0) is 12.6. The quantitative estimate of drug-likeness (QED) is 0.528. The van der Waals surface area contributed by atoms with Crippen LogP contribution in [0.25, 0.3) is 0 Å². The summed E-state index contributed by atoms with van der Waals surface area (Å²) in [7, 11) is 0. The van der Waals surface area contributed by atoms with Gasteiger partial charge in [0.2, 0.25) is 5.60 Å². The molecule has 0 aliphatic carbocycles. The maximum atomic E-state index is 11.5. The fourth-order valence-electron chi connectivity index (χ4n) is 2.20. The molecule has 0 aromatic rings. The molecule has 1 saturated heterocycles. The molecule has 0 spiro atoms. The van der Waals surface area contributed by atoms with Crippen molar-refractivity contribution in [3.63, 3.8) is 0 Å². The molecule has 2 bridgehead atoms. The highest BCUT2D eigenvalue weighted by Crippen LogP contribution is 2.43. The van der Waals surface area contributed by atoms with Gasteiger partial charge in [-0.2, -0.15) is 5.26 Å². The highest BCUT2D eigenvalue weighted by atomic mass is 16.6. The molecule has 2 aliphatic heterocycles. The van der Waals surface area contributed by atoms with Crippen molar-refractivity contribution in [3.05, 3.63) is 24.3 Å². The number of nitrogens with zero attached hydrogens (tertiary/aromatic N) is 1. The van der Waals surface area contributed by atoms with Crippen molar-refractivity contribution < 1.29 is 19.1 Å². The number of fused-ring (bicyclic) bond motifs is 2. The Morgan fingerprint density at radius 1 is 1.76 bits per heavy atom. The number of carbonyl (C=O) groups is 2. The van der Waals surface area contributed by atoms with Gasteiger partial charge in [-0.15, -0.1) is 0 Å². The molecule has 5 heteroatoms. The largest absolute Gasteiger partial charge is 0.440 e. The summed E-state index contributed by atoms with van der Waals surface area (Å²) in [6.07, 6.45) is 1.80. The summed E-state index contributed by atoms with van der Waals surface area (Å²) < 4.78 is 10.5. The standard InChI is InChI=1S/C12H11NO4/c1-3-9(15)8-4-11-12(6-13,17-7(2)14)5-10(8)16-11/h3-4,10-11H,1,5H2,2H3/t10-,11-,12+/m0/s1. The maximum absolute atomic E-state index is 11.5. The second-order valence-corrected chi connectivity index (χ2v) is 4.03. The van der Waals surface area contributed by atoms with Gasteiger partial charge in [0.25, 0.3) is 0 Å². The molecular weight excluding hydrogens is 222 g/mol. The Balaban J connectivity index is 2.28. The number of allylic oxidation sites excluding steroid dienone is 1. The third-order valence-electron chi connectivity index (χ3n) is 2.92. The smallest absolute Gasteiger partial charge is 0.304 e. The number of hydrogen-bond acceptors (Lipinski definition) is 5. The van der Waals surface area contributed by atoms with E-state index in [2.05, 4.69) is 6.58 Å². The highest BCUT2D eigenvalue weighted by Gasteiger charge is 2.56. The van der Waals surface area contributed by atoms with E-state index in [1.165, 1.54) is 13.0 Å². The lowest BCUT2D eigenvalue weighted by Gasteiger charge is -2.25. The molecule has 88 valence electrons. The van der Waals surface area contributed by atoms with Gasteiger partial charge in [-0.05, 0) is 12.2 Å². The van der Waals surface area contributed by atoms with Gasteiger partial charge in [-0.25, -0.2) is 0 Å². The predicted octanol–water partition coefficient (Wildman–Crippen LogP) is 0.664. The molecule has 1 fully saturated rings. The third kappa shape index (κ3) is 1.67. The summed E-state index contributed by atoms with van der Waals surface area (Å²) in [5, 5.41) is 9.13. The number of ether oxygens (including phenoxy) is 2. The molecule has 0 aromatic carbocycles. The van der Waals surface area contributed by atoms with Crippen molar-refractivity contribution in [2.75, 3.05) is 0 Å². The van der Waals surface area contributed by atoms with Crippen molar-refractivity contribution in [1.82, 2.24) is 0 Å². The Hall–Kier alpha value is -1.93. The fourth-order valence-corrected chi connectivity index (χ4v) is 2.20. The molecule has 0 aromatic heterocycles. The van der Waals surface area contributed by atoms with Gasteiger partial charge < -0.3 is 9.47 Å². The minimum absolute atomic E-state index is 0.194. The van der Waals surface area contributed by atoms with E-state index in [0.29, 0.717) is 5.57 Å². The van der Waals surface area contributed by atoms with E-state index in [4.69, 9.17) is 14.7 Å². The molecule has 5 nitrogen and oxygen atoms in total. The summed E-state index contributed by atoms with van der Waals surface area (Å²) in [5.74, 6) is -0.750. The normalized spacial score (nSPS) is 33.8. The van der Waals surface area contributed by atoms with Crippen molar-refractivity contribution in [1.29, 1.82) is 5.26 Å². The first-order valence-electron chi connectivity index (χ1n) is 5.17. The maximum Gasteiger partial charge on any atom is 0.304 e. The highest BCUT2D eigenvalue weighted by molar-refractivity contribution is 6.05. The topological polar surface area (TPSA) is 76.4 Å². The minimum Gasteiger partial charge on any atom is -0.440 e. The van der Waals surface area contributed by atoms with Crippen LogP contribution in [0, 0.1) is 11.3 Å². The molecule has 0 N–H and O–H groups in total. The summed E-state index contributed by atoms with van der Waals surface area (Å²) >= 11 is 0. The van der Waals surface area contributed by atoms with Gasteiger partial charge in [-0.1, -0.05) is 6.58 Å². The first-order valence-corrected chi connectivity index (χ1v) is 5.17. The lowest BCUT2D eigenvalue weighted by Crippen LogP contribution is -2.41. The van der Waals surface area contributed by atoms with Gasteiger partial charge in [0, 0.05) is 18.9 Å². The molecule has 17 heavy (non-hydrogen) atoms. The average Bonchev–Trinajstić information content (AvgIpc) is 2.84. The summed E-state index contributed by atoms with van der Waals surface area (Å²) in [6, 6.07) is 1.97. The SMILES string of the molecule is C=CC(=O)C1=C[C@@H]2O[C@H]1C[C@]2(C#N)OC(C)=O. The third-order valence-corrected chi connectivity index (χ3v) is 2.92. The Morgan fingerprint density at radius 2 is 2.47 bits per heavy atom. The monoisotopic (exact) mass is 233 g/mol. The van der Waals surface area contributed by atoms with Crippen LogP contribution in [-0.4, -0.2) is 29.6 Å². The van der Waals surface area contributed by atoms with Crippen LogP contribution in [0.1, 0.15) is 13.3 Å². The number of nitriles is 1. The molecule has 2 aliphatic rings. The second kappa shape index (κ2) is 3.82. The number of rotatable bonds is 3. The number of esters is 1. The van der Waals surface area contributed by atoms with Crippen molar-refractivity contribution in [2.24, 2.45) is 0 Å². The minimum atomic E-state index is -1.29. The average molecular weight is 233 g/mol. The van der Waals surface area contributed by atoms with Crippen molar-refractivity contribution in [2.45, 2.75) is 31.2 Å². The molecule has 2 rings (SSSR count). The summed E-state index contributed by atoms with van der Waals surface area (Å²) in [5.41, 5.74) is -0.801. The molecule has 0 amide bonds. The van der Waals surface area contributed by atoms with Gasteiger partial charge in [0.15, 0.2) is 5.78 Å². The van der Waals surface area contributed by atoms with Gasteiger partial charge in [-0.3, -0.25) is 9.59 Å². The molecule has 0 saturated carbocycles. The van der Waals surface area contributed by atoms with E-state index in [-0.39, 0.29) is 12.2 Å². The molecule has 0 radical (unpaired) electrons. The van der Waals surface area contributed by atoms with Gasteiger partial charge >= 0.3 is 5.97 Å². The van der Waals surface area contributed by atoms with E-state index >= 15 is 0 Å². The number of carbonyl (C=O) groups excluding carboxylic acids is 2. The summed E-state index contributed by atoms with van der Waals surface area (Å²) in [4.78, 5) is 22.4. The van der Waals surface area contributed by atoms with E-state index in [1.54, 1.807) is 6.08 Å². The van der Waals surface area contributed by atoms with E-state index in [1.807, 2.05) is 6.07 Å². The molecule has 0 unspecified atom stereocenters. The molecule has 3 atom stereocenters. The lowest BCUT2D eigenvalue weighted by atomic mass is 9.85. The number of ketones is 1. The Bertz CT molecular complexity index is 473. The second-order valence-electron chi connectivity index (χ2n) is 4.03. The van der Waals surface area contributed by atoms with Crippen LogP contribution in [-0.2, 0) is 19.1 Å². The van der Waals surface area contributed by atoms with E-state index < -0.39 is 23.8 Å². The van der Waals surface area contributed by atoms with Crippen molar-refractivity contribution >= 4 is 11.8 Å². The zero-order valence-corrected chi connectivity index (χ0v) is 9.30. The van der Waals surface area contributed by atoms with Gasteiger partial charge in [0.1, 0.15) is 12.2 Å². The Labute approximate surface area is 98.3 Å². The molecule has 2 heterocycles. The van der Waals surface area contributed by atoms with Crippen LogP contribution >= 0.6 is 0 Å². The van der Waals surface area contributed by atoms with Crippen molar-refractivity contribution in [3.8, 4) is 6.07 Å². The first kappa shape index (κ1) is 11.6.